The van der Waals surface area contributed by atoms with Gasteiger partial charge in [0.25, 0.3) is 0 Å². The van der Waals surface area contributed by atoms with E-state index in [0.29, 0.717) is 19.6 Å². The molecule has 1 heterocycles. The molecule has 2 rings (SSSR count). The molecule has 1 aliphatic heterocycles. The molecule has 1 unspecified atom stereocenters. The monoisotopic (exact) mass is 370 g/mol. The van der Waals surface area contributed by atoms with Crippen molar-refractivity contribution in [3.05, 3.63) is 35.4 Å². The Morgan fingerprint density at radius 3 is 2.50 bits per heavy atom. The third-order valence-electron chi connectivity index (χ3n) is 4.75. The van der Waals surface area contributed by atoms with Gasteiger partial charge in [0, 0.05) is 33.7 Å². The Balaban J connectivity index is 1.79. The Morgan fingerprint density at radius 1 is 1.27 bits per heavy atom. The van der Waals surface area contributed by atoms with Gasteiger partial charge in [-0.2, -0.15) is 13.2 Å². The lowest BCUT2D eigenvalue weighted by atomic mass is 10.1. The third-order valence-corrected chi connectivity index (χ3v) is 4.75. The minimum Gasteiger partial charge on any atom is -0.356 e. The molecular weight excluding hydrogens is 341 g/mol. The first kappa shape index (κ1) is 20.6. The number of aryl methyl sites for hydroxylation is 1. The summed E-state index contributed by atoms with van der Waals surface area (Å²) in [5.74, 6) is 0.977. The molecule has 1 saturated heterocycles. The Labute approximate surface area is 154 Å². The predicted molar refractivity (Wildman–Crippen MR) is 99.3 cm³/mol. The van der Waals surface area contributed by atoms with Crippen LogP contribution in [0, 0.1) is 5.92 Å². The summed E-state index contributed by atoms with van der Waals surface area (Å²) in [4.78, 5) is 7.81. The van der Waals surface area contributed by atoms with Gasteiger partial charge in [-0.05, 0) is 36.4 Å². The first-order valence-electron chi connectivity index (χ1n) is 9.09. The minimum atomic E-state index is -4.12. The Morgan fingerprint density at radius 2 is 1.92 bits per heavy atom. The van der Waals surface area contributed by atoms with Crippen molar-refractivity contribution in [3.8, 4) is 0 Å². The summed E-state index contributed by atoms with van der Waals surface area (Å²) in [6.45, 7) is 3.67. The smallest absolute Gasteiger partial charge is 0.356 e. The van der Waals surface area contributed by atoms with E-state index >= 15 is 0 Å². The lowest BCUT2D eigenvalue weighted by Crippen LogP contribution is -2.41. The van der Waals surface area contributed by atoms with Crippen molar-refractivity contribution in [2.24, 2.45) is 10.9 Å². The quantitative estimate of drug-likeness (QED) is 0.617. The minimum absolute atomic E-state index is 0.214. The lowest BCUT2D eigenvalue weighted by molar-refractivity contribution is -0.143. The number of hydrogen-bond donors (Lipinski definition) is 1. The van der Waals surface area contributed by atoms with Gasteiger partial charge in [-0.1, -0.05) is 31.2 Å². The molecule has 0 aromatic heterocycles. The Bertz CT molecular complexity index is 583. The number of hydrogen-bond acceptors (Lipinski definition) is 2. The lowest BCUT2D eigenvalue weighted by Gasteiger charge is -2.24. The van der Waals surface area contributed by atoms with E-state index in [9.17, 15) is 13.2 Å². The third kappa shape index (κ3) is 6.52. The number of nitrogens with zero attached hydrogens (tertiary/aromatic N) is 3. The molecule has 0 amide bonds. The van der Waals surface area contributed by atoms with Crippen LogP contribution in [0.3, 0.4) is 0 Å². The molecule has 4 nitrogen and oxygen atoms in total. The molecule has 1 aromatic carbocycles. The summed E-state index contributed by atoms with van der Waals surface area (Å²) in [5.41, 5.74) is 2.51. The van der Waals surface area contributed by atoms with Gasteiger partial charge in [-0.25, -0.2) is 0 Å². The highest BCUT2D eigenvalue weighted by Gasteiger charge is 2.34. The molecular formula is C19H29F3N4. The van der Waals surface area contributed by atoms with Gasteiger partial charge in [0.15, 0.2) is 5.96 Å². The van der Waals surface area contributed by atoms with Gasteiger partial charge in [-0.3, -0.25) is 9.89 Å². The number of benzene rings is 1. The molecule has 0 saturated carbocycles. The van der Waals surface area contributed by atoms with Gasteiger partial charge in [0.1, 0.15) is 0 Å². The number of alkyl halides is 3. The van der Waals surface area contributed by atoms with Crippen LogP contribution in [0.1, 0.15) is 24.5 Å². The molecule has 1 aliphatic rings. The van der Waals surface area contributed by atoms with E-state index in [1.807, 2.05) is 11.9 Å². The van der Waals surface area contributed by atoms with Crippen LogP contribution < -0.4 is 5.32 Å². The number of aliphatic imine (C=N–C) groups is 1. The van der Waals surface area contributed by atoms with Gasteiger partial charge >= 0.3 is 6.18 Å². The van der Waals surface area contributed by atoms with Crippen molar-refractivity contribution < 1.29 is 13.2 Å². The highest BCUT2D eigenvalue weighted by atomic mass is 19.4. The predicted octanol–water partition coefficient (Wildman–Crippen LogP) is 3.14. The van der Waals surface area contributed by atoms with E-state index in [1.54, 1.807) is 7.05 Å². The van der Waals surface area contributed by atoms with Gasteiger partial charge in [0.2, 0.25) is 0 Å². The first-order valence-corrected chi connectivity index (χ1v) is 9.09. The van der Waals surface area contributed by atoms with Crippen molar-refractivity contribution in [2.75, 3.05) is 40.3 Å². The number of nitrogens with one attached hydrogen (secondary N) is 1. The van der Waals surface area contributed by atoms with Crippen molar-refractivity contribution in [2.45, 2.75) is 32.5 Å². The first-order chi connectivity index (χ1) is 12.3. The second kappa shape index (κ2) is 9.26. The molecule has 1 N–H and O–H groups in total. The van der Waals surface area contributed by atoms with Crippen LogP contribution in [0.4, 0.5) is 13.2 Å². The fourth-order valence-electron chi connectivity index (χ4n) is 3.33. The van der Waals surface area contributed by atoms with Crippen LogP contribution in [0.2, 0.25) is 0 Å². The average Bonchev–Trinajstić information content (AvgIpc) is 3.01. The van der Waals surface area contributed by atoms with E-state index in [-0.39, 0.29) is 5.92 Å². The van der Waals surface area contributed by atoms with Crippen LogP contribution in [-0.2, 0) is 13.0 Å². The molecule has 1 atom stereocenters. The zero-order valence-corrected chi connectivity index (χ0v) is 15.8. The second-order valence-corrected chi connectivity index (χ2v) is 6.96. The number of halogens is 3. The van der Waals surface area contributed by atoms with Gasteiger partial charge < -0.3 is 10.2 Å². The Hall–Kier alpha value is -1.76. The van der Waals surface area contributed by atoms with Gasteiger partial charge in [0.05, 0.1) is 6.54 Å². The molecule has 26 heavy (non-hydrogen) atoms. The SMILES string of the molecule is CCc1ccc(CN(C)C(=NC)NCC2CCN(CC(F)(F)F)C2)cc1. The summed E-state index contributed by atoms with van der Waals surface area (Å²) < 4.78 is 37.4. The molecule has 146 valence electrons. The van der Waals surface area contributed by atoms with Crippen molar-refractivity contribution in [1.29, 1.82) is 0 Å². The maximum atomic E-state index is 12.5. The van der Waals surface area contributed by atoms with Crippen molar-refractivity contribution >= 4 is 5.96 Å². The maximum Gasteiger partial charge on any atom is 0.401 e. The second-order valence-electron chi connectivity index (χ2n) is 6.96. The van der Waals surface area contributed by atoms with E-state index < -0.39 is 12.7 Å². The Kier molecular flexibility index (Phi) is 7.32. The molecule has 1 aromatic rings. The van der Waals surface area contributed by atoms with Gasteiger partial charge in [-0.15, -0.1) is 0 Å². The van der Waals surface area contributed by atoms with Crippen LogP contribution in [0.5, 0.6) is 0 Å². The topological polar surface area (TPSA) is 30.9 Å². The fourth-order valence-corrected chi connectivity index (χ4v) is 3.33. The largest absolute Gasteiger partial charge is 0.401 e. The molecule has 0 spiro atoms. The zero-order chi connectivity index (χ0) is 19.2. The van der Waals surface area contributed by atoms with Crippen LogP contribution in [0.25, 0.3) is 0 Å². The average molecular weight is 370 g/mol. The summed E-state index contributed by atoms with van der Waals surface area (Å²) in [6.07, 6.45) is -2.32. The maximum absolute atomic E-state index is 12.5. The molecule has 0 bridgehead atoms. The zero-order valence-electron chi connectivity index (χ0n) is 15.8. The number of likely N-dealkylation sites (tertiary alicyclic amines) is 1. The van der Waals surface area contributed by atoms with E-state index in [0.717, 1.165) is 25.3 Å². The normalized spacial score (nSPS) is 19.0. The van der Waals surface area contributed by atoms with Crippen LogP contribution >= 0.6 is 0 Å². The summed E-state index contributed by atoms with van der Waals surface area (Å²) in [7, 11) is 3.69. The molecule has 0 aliphatic carbocycles. The van der Waals surface area contributed by atoms with E-state index in [1.165, 1.54) is 16.0 Å². The highest BCUT2D eigenvalue weighted by Crippen LogP contribution is 2.22. The van der Waals surface area contributed by atoms with Crippen LogP contribution in [0.15, 0.2) is 29.3 Å². The highest BCUT2D eigenvalue weighted by molar-refractivity contribution is 5.79. The summed E-state index contributed by atoms with van der Waals surface area (Å²) >= 11 is 0. The summed E-state index contributed by atoms with van der Waals surface area (Å²) in [6, 6.07) is 8.50. The van der Waals surface area contributed by atoms with Crippen molar-refractivity contribution in [1.82, 2.24) is 15.1 Å². The molecule has 1 fully saturated rings. The molecule has 7 heteroatoms. The van der Waals surface area contributed by atoms with E-state index in [4.69, 9.17) is 0 Å². The number of guanidine groups is 1. The fraction of sp³-hybridized carbons (Fsp3) is 0.632. The standard InChI is InChI=1S/C19H29F3N4/c1-4-15-5-7-16(8-6-15)12-25(3)18(23-2)24-11-17-9-10-26(13-17)14-19(20,21)22/h5-8,17H,4,9-14H2,1-3H3,(H,23,24). The number of rotatable bonds is 6. The van der Waals surface area contributed by atoms with E-state index in [2.05, 4.69) is 41.5 Å². The molecule has 0 radical (unpaired) electrons. The summed E-state index contributed by atoms with van der Waals surface area (Å²) in [5, 5.41) is 3.31. The van der Waals surface area contributed by atoms with Crippen LogP contribution in [-0.4, -0.2) is 62.2 Å². The van der Waals surface area contributed by atoms with Crippen molar-refractivity contribution in [3.63, 3.8) is 0 Å².